The average Bonchev–Trinajstić information content (AvgIpc) is 2.23. The summed E-state index contributed by atoms with van der Waals surface area (Å²) in [5.74, 6) is -0.713. The molecule has 5 heteroatoms. The summed E-state index contributed by atoms with van der Waals surface area (Å²) in [6.45, 7) is 3.59. The number of hydrogen-bond acceptors (Lipinski definition) is 3. The predicted molar refractivity (Wildman–Crippen MR) is 65.1 cm³/mol. The van der Waals surface area contributed by atoms with Gasteiger partial charge in [0.2, 0.25) is 5.91 Å². The maximum Gasteiger partial charge on any atom is 0.227 e. The molecule has 0 saturated carbocycles. The fraction of sp³-hybridized carbons (Fsp3) is 0.417. The highest BCUT2D eigenvalue weighted by Crippen LogP contribution is 2.21. The van der Waals surface area contributed by atoms with Crippen LogP contribution in [-0.2, 0) is 9.53 Å². The van der Waals surface area contributed by atoms with E-state index in [1.54, 1.807) is 13.8 Å². The third-order valence-corrected chi connectivity index (χ3v) is 2.43. The second-order valence-electron chi connectivity index (χ2n) is 4.42. The van der Waals surface area contributed by atoms with E-state index < -0.39 is 11.4 Å². The highest BCUT2D eigenvalue weighted by atomic mass is 19.1. The summed E-state index contributed by atoms with van der Waals surface area (Å²) in [4.78, 5) is 11.7. The van der Waals surface area contributed by atoms with Crippen molar-refractivity contribution in [3.05, 3.63) is 24.0 Å². The first kappa shape index (κ1) is 13.4. The highest BCUT2D eigenvalue weighted by Gasteiger charge is 2.21. The van der Waals surface area contributed by atoms with E-state index in [0.717, 1.165) is 0 Å². The molecule has 0 unspecified atom stereocenters. The number of carbonyl (C=O) groups is 1. The second-order valence-corrected chi connectivity index (χ2v) is 4.42. The largest absolute Gasteiger partial charge is 0.397 e. The van der Waals surface area contributed by atoms with E-state index in [4.69, 9.17) is 10.5 Å². The van der Waals surface area contributed by atoms with Crippen molar-refractivity contribution in [1.82, 2.24) is 0 Å². The summed E-state index contributed by atoms with van der Waals surface area (Å²) in [6, 6.07) is 3.84. The Hall–Kier alpha value is -1.62. The summed E-state index contributed by atoms with van der Waals surface area (Å²) < 4.78 is 18.1. The van der Waals surface area contributed by atoms with Gasteiger partial charge < -0.3 is 15.8 Å². The summed E-state index contributed by atoms with van der Waals surface area (Å²) in [7, 11) is 1.53. The zero-order valence-corrected chi connectivity index (χ0v) is 10.2. The molecule has 0 fully saturated rings. The molecule has 0 bridgehead atoms. The van der Waals surface area contributed by atoms with Gasteiger partial charge in [-0.25, -0.2) is 4.39 Å². The number of hydrogen-bond donors (Lipinski definition) is 2. The first-order chi connectivity index (χ1) is 7.84. The van der Waals surface area contributed by atoms with Crippen LogP contribution in [0.25, 0.3) is 0 Å². The molecule has 0 radical (unpaired) electrons. The minimum atomic E-state index is -0.563. The lowest BCUT2D eigenvalue weighted by Crippen LogP contribution is -2.29. The Morgan fingerprint density at radius 2 is 2.18 bits per heavy atom. The number of nitrogens with two attached hydrogens (primary N) is 1. The van der Waals surface area contributed by atoms with Gasteiger partial charge in [0, 0.05) is 7.11 Å². The zero-order valence-electron chi connectivity index (χ0n) is 10.2. The van der Waals surface area contributed by atoms with Gasteiger partial charge in [0.05, 0.1) is 23.4 Å². The Kier molecular flexibility index (Phi) is 4.07. The third kappa shape index (κ3) is 4.03. The quantitative estimate of drug-likeness (QED) is 0.793. The fourth-order valence-electron chi connectivity index (χ4n) is 1.29. The molecule has 17 heavy (non-hydrogen) atoms. The Labute approximate surface area is 100.0 Å². The summed E-state index contributed by atoms with van der Waals surface area (Å²) in [5, 5.41) is 2.56. The molecule has 0 atom stereocenters. The summed E-state index contributed by atoms with van der Waals surface area (Å²) >= 11 is 0. The number of benzene rings is 1. The molecule has 1 aromatic rings. The number of rotatable bonds is 4. The number of ether oxygens (including phenoxy) is 1. The molecule has 1 amide bonds. The first-order valence-electron chi connectivity index (χ1n) is 5.24. The molecular weight excluding hydrogens is 223 g/mol. The zero-order chi connectivity index (χ0) is 13.1. The van der Waals surface area contributed by atoms with Crippen molar-refractivity contribution in [2.24, 2.45) is 0 Å². The van der Waals surface area contributed by atoms with Crippen LogP contribution in [0, 0.1) is 5.82 Å². The van der Waals surface area contributed by atoms with E-state index in [2.05, 4.69) is 5.32 Å². The standard InChI is InChI=1S/C12H17FN2O2/c1-12(2,17-3)7-11(16)15-10-6-8(13)4-5-9(10)14/h4-6H,7,14H2,1-3H3,(H,15,16). The van der Waals surface area contributed by atoms with Crippen LogP contribution >= 0.6 is 0 Å². The third-order valence-electron chi connectivity index (χ3n) is 2.43. The van der Waals surface area contributed by atoms with Crippen LogP contribution in [0.2, 0.25) is 0 Å². The molecule has 0 aliphatic rings. The van der Waals surface area contributed by atoms with E-state index in [1.807, 2.05) is 0 Å². The SMILES string of the molecule is COC(C)(C)CC(=O)Nc1cc(F)ccc1N. The average molecular weight is 240 g/mol. The Morgan fingerprint density at radius 3 is 2.76 bits per heavy atom. The van der Waals surface area contributed by atoms with Crippen LogP contribution < -0.4 is 11.1 Å². The normalized spacial score (nSPS) is 11.3. The lowest BCUT2D eigenvalue weighted by atomic mass is 10.0. The molecule has 1 aromatic carbocycles. The van der Waals surface area contributed by atoms with E-state index >= 15 is 0 Å². The van der Waals surface area contributed by atoms with Crippen molar-refractivity contribution >= 4 is 17.3 Å². The lowest BCUT2D eigenvalue weighted by Gasteiger charge is -2.22. The minimum absolute atomic E-state index is 0.166. The molecule has 4 nitrogen and oxygen atoms in total. The van der Waals surface area contributed by atoms with Gasteiger partial charge in [-0.1, -0.05) is 0 Å². The summed E-state index contributed by atoms with van der Waals surface area (Å²) in [6.07, 6.45) is 0.166. The van der Waals surface area contributed by atoms with Gasteiger partial charge in [-0.05, 0) is 32.0 Å². The van der Waals surface area contributed by atoms with Gasteiger partial charge in [0.25, 0.3) is 0 Å². The van der Waals surface area contributed by atoms with Crippen LogP contribution in [0.1, 0.15) is 20.3 Å². The van der Waals surface area contributed by atoms with Crippen molar-refractivity contribution in [3.63, 3.8) is 0 Å². The van der Waals surface area contributed by atoms with Crippen molar-refractivity contribution in [2.75, 3.05) is 18.2 Å². The predicted octanol–water partition coefficient (Wildman–Crippen LogP) is 2.16. The van der Waals surface area contributed by atoms with Crippen LogP contribution in [0.3, 0.4) is 0 Å². The van der Waals surface area contributed by atoms with Gasteiger partial charge in [0.15, 0.2) is 0 Å². The Bertz CT molecular complexity index is 419. The number of carbonyl (C=O) groups excluding carboxylic acids is 1. The number of halogens is 1. The van der Waals surface area contributed by atoms with E-state index in [-0.39, 0.29) is 18.0 Å². The van der Waals surface area contributed by atoms with Crippen molar-refractivity contribution in [1.29, 1.82) is 0 Å². The Morgan fingerprint density at radius 1 is 1.53 bits per heavy atom. The van der Waals surface area contributed by atoms with Crippen LogP contribution in [0.15, 0.2) is 18.2 Å². The molecule has 94 valence electrons. The molecule has 0 aromatic heterocycles. The molecule has 1 rings (SSSR count). The van der Waals surface area contributed by atoms with Gasteiger partial charge in [0.1, 0.15) is 5.82 Å². The summed E-state index contributed by atoms with van der Waals surface area (Å²) in [5.41, 5.74) is 5.67. The van der Waals surface area contributed by atoms with Crippen molar-refractivity contribution in [2.45, 2.75) is 25.9 Å². The smallest absolute Gasteiger partial charge is 0.227 e. The molecule has 0 heterocycles. The molecule has 0 saturated heterocycles. The maximum absolute atomic E-state index is 13.0. The number of nitrogen functional groups attached to an aromatic ring is 1. The molecule has 0 aliphatic heterocycles. The van der Waals surface area contributed by atoms with E-state index in [0.29, 0.717) is 5.69 Å². The monoisotopic (exact) mass is 240 g/mol. The van der Waals surface area contributed by atoms with Gasteiger partial charge >= 0.3 is 0 Å². The van der Waals surface area contributed by atoms with Gasteiger partial charge in [-0.2, -0.15) is 0 Å². The van der Waals surface area contributed by atoms with Crippen molar-refractivity contribution < 1.29 is 13.9 Å². The second kappa shape index (κ2) is 5.14. The minimum Gasteiger partial charge on any atom is -0.397 e. The molecule has 3 N–H and O–H groups in total. The topological polar surface area (TPSA) is 64.3 Å². The van der Waals surface area contributed by atoms with E-state index in [9.17, 15) is 9.18 Å². The number of anilines is 2. The van der Waals surface area contributed by atoms with Gasteiger partial charge in [-0.15, -0.1) is 0 Å². The van der Waals surface area contributed by atoms with Crippen LogP contribution in [-0.4, -0.2) is 18.6 Å². The number of amides is 1. The molecule has 0 spiro atoms. The lowest BCUT2D eigenvalue weighted by molar-refractivity contribution is -0.121. The van der Waals surface area contributed by atoms with Crippen LogP contribution in [0.5, 0.6) is 0 Å². The number of methoxy groups -OCH3 is 1. The maximum atomic E-state index is 13.0. The number of nitrogens with one attached hydrogen (secondary N) is 1. The highest BCUT2D eigenvalue weighted by molar-refractivity contribution is 5.94. The fourth-order valence-corrected chi connectivity index (χ4v) is 1.29. The Balaban J connectivity index is 2.71. The first-order valence-corrected chi connectivity index (χ1v) is 5.24. The van der Waals surface area contributed by atoms with Crippen LogP contribution in [0.4, 0.5) is 15.8 Å². The van der Waals surface area contributed by atoms with E-state index in [1.165, 1.54) is 25.3 Å². The van der Waals surface area contributed by atoms with Crippen molar-refractivity contribution in [3.8, 4) is 0 Å². The molecular formula is C12H17FN2O2. The molecule has 0 aliphatic carbocycles. The van der Waals surface area contributed by atoms with Gasteiger partial charge in [-0.3, -0.25) is 4.79 Å².